The molecule has 0 saturated heterocycles. The molecule has 5 heteroatoms. The average molecular weight is 324 g/mol. The largest absolute Gasteiger partial charge is 0.372 e. The fraction of sp³-hybridized carbons (Fsp3) is 0.286. The Morgan fingerprint density at radius 1 is 1.26 bits per heavy atom. The first-order valence-electron chi connectivity index (χ1n) is 6.04. The Hall–Kier alpha value is -1.49. The minimum Gasteiger partial charge on any atom is -0.372 e. The summed E-state index contributed by atoms with van der Waals surface area (Å²) in [5.41, 5.74) is 1.57. The maximum Gasteiger partial charge on any atom is 0.161 e. The second-order valence-corrected chi connectivity index (χ2v) is 5.30. The van der Waals surface area contributed by atoms with E-state index < -0.39 is 0 Å². The van der Waals surface area contributed by atoms with Crippen molar-refractivity contribution in [1.82, 2.24) is 9.97 Å². The minimum absolute atomic E-state index is 0.247. The van der Waals surface area contributed by atoms with Gasteiger partial charge in [0.15, 0.2) is 5.82 Å². The second-order valence-electron chi connectivity index (χ2n) is 4.51. The fourth-order valence-corrected chi connectivity index (χ4v) is 2.60. The number of halogens is 2. The van der Waals surface area contributed by atoms with E-state index >= 15 is 0 Å². The van der Waals surface area contributed by atoms with Gasteiger partial charge in [-0.2, -0.15) is 0 Å². The average Bonchev–Trinajstić information content (AvgIpc) is 2.38. The summed E-state index contributed by atoms with van der Waals surface area (Å²) in [6, 6.07) is 6.30. The van der Waals surface area contributed by atoms with Crippen molar-refractivity contribution in [1.29, 1.82) is 0 Å². The Morgan fingerprint density at radius 3 is 2.58 bits per heavy atom. The van der Waals surface area contributed by atoms with Crippen LogP contribution in [0.5, 0.6) is 0 Å². The molecule has 0 radical (unpaired) electrons. The number of nitrogens with zero attached hydrogens (tertiary/aromatic N) is 2. The molecule has 2 aromatic rings. The standard InChI is InChI=1S/C14H15BrFN3/c1-8(2)12-11(15)14(17-3)19-13(18-12)9-5-4-6-10(16)7-9/h4-8H,1-3H3,(H,17,18,19). The number of aromatic nitrogens is 2. The molecule has 0 saturated carbocycles. The van der Waals surface area contributed by atoms with E-state index in [1.807, 2.05) is 0 Å². The second kappa shape index (κ2) is 5.65. The van der Waals surface area contributed by atoms with E-state index in [0.717, 1.165) is 10.2 Å². The topological polar surface area (TPSA) is 37.8 Å². The quantitative estimate of drug-likeness (QED) is 0.919. The van der Waals surface area contributed by atoms with E-state index in [9.17, 15) is 4.39 Å². The zero-order valence-corrected chi connectivity index (χ0v) is 12.6. The first-order chi connectivity index (χ1) is 9.02. The molecular weight excluding hydrogens is 309 g/mol. The normalized spacial score (nSPS) is 10.8. The zero-order valence-electron chi connectivity index (χ0n) is 11.0. The van der Waals surface area contributed by atoms with Crippen LogP contribution in [0.1, 0.15) is 25.5 Å². The highest BCUT2D eigenvalue weighted by Crippen LogP contribution is 2.31. The fourth-order valence-electron chi connectivity index (χ4n) is 1.77. The highest BCUT2D eigenvalue weighted by atomic mass is 79.9. The molecule has 0 fully saturated rings. The molecular formula is C14H15BrFN3. The van der Waals surface area contributed by atoms with Crippen molar-refractivity contribution < 1.29 is 4.39 Å². The summed E-state index contributed by atoms with van der Waals surface area (Å²) in [5, 5.41) is 3.02. The lowest BCUT2D eigenvalue weighted by Gasteiger charge is -2.13. The molecule has 1 aromatic carbocycles. The van der Waals surface area contributed by atoms with Gasteiger partial charge in [0, 0.05) is 12.6 Å². The van der Waals surface area contributed by atoms with Crippen LogP contribution in [-0.4, -0.2) is 17.0 Å². The molecule has 0 spiro atoms. The first kappa shape index (κ1) is 13.9. The van der Waals surface area contributed by atoms with Gasteiger partial charge in [0.1, 0.15) is 11.6 Å². The molecule has 0 bridgehead atoms. The third-order valence-corrected chi connectivity index (χ3v) is 3.53. The van der Waals surface area contributed by atoms with Crippen LogP contribution in [-0.2, 0) is 0 Å². The predicted molar refractivity (Wildman–Crippen MR) is 78.8 cm³/mol. The van der Waals surface area contributed by atoms with Gasteiger partial charge in [0.25, 0.3) is 0 Å². The van der Waals surface area contributed by atoms with Crippen LogP contribution in [0.4, 0.5) is 10.2 Å². The third kappa shape index (κ3) is 2.92. The van der Waals surface area contributed by atoms with E-state index in [1.165, 1.54) is 12.1 Å². The third-order valence-electron chi connectivity index (χ3n) is 2.74. The molecule has 2 rings (SSSR count). The SMILES string of the molecule is CNc1nc(-c2cccc(F)c2)nc(C(C)C)c1Br. The Labute approximate surface area is 120 Å². The number of hydrogen-bond donors (Lipinski definition) is 1. The number of anilines is 1. The summed E-state index contributed by atoms with van der Waals surface area (Å²) in [6.45, 7) is 4.11. The van der Waals surface area contributed by atoms with Gasteiger partial charge in [-0.1, -0.05) is 26.0 Å². The van der Waals surface area contributed by atoms with E-state index in [1.54, 1.807) is 19.2 Å². The van der Waals surface area contributed by atoms with Crippen LogP contribution >= 0.6 is 15.9 Å². The van der Waals surface area contributed by atoms with E-state index in [2.05, 4.69) is 45.1 Å². The highest BCUT2D eigenvalue weighted by Gasteiger charge is 2.15. The van der Waals surface area contributed by atoms with Crippen LogP contribution in [0.3, 0.4) is 0 Å². The van der Waals surface area contributed by atoms with Gasteiger partial charge in [-0.05, 0) is 34.0 Å². The van der Waals surface area contributed by atoms with Crippen LogP contribution in [0.25, 0.3) is 11.4 Å². The Kier molecular flexibility index (Phi) is 4.14. The van der Waals surface area contributed by atoms with Gasteiger partial charge in [-0.3, -0.25) is 0 Å². The Morgan fingerprint density at radius 2 is 2.00 bits per heavy atom. The predicted octanol–water partition coefficient (Wildman–Crippen LogP) is 4.21. The summed E-state index contributed by atoms with van der Waals surface area (Å²) >= 11 is 3.50. The summed E-state index contributed by atoms with van der Waals surface area (Å²) in [7, 11) is 1.80. The molecule has 1 heterocycles. The van der Waals surface area contributed by atoms with Gasteiger partial charge >= 0.3 is 0 Å². The number of benzene rings is 1. The molecule has 0 atom stereocenters. The first-order valence-corrected chi connectivity index (χ1v) is 6.83. The smallest absolute Gasteiger partial charge is 0.161 e. The molecule has 0 aliphatic carbocycles. The molecule has 0 aliphatic heterocycles. The Balaban J connectivity index is 2.61. The maximum absolute atomic E-state index is 13.3. The lowest BCUT2D eigenvalue weighted by molar-refractivity contribution is 0.628. The number of rotatable bonds is 3. The minimum atomic E-state index is -0.291. The van der Waals surface area contributed by atoms with Crippen LogP contribution in [0, 0.1) is 5.82 Å². The Bertz CT molecular complexity index is 599. The number of hydrogen-bond acceptors (Lipinski definition) is 3. The van der Waals surface area contributed by atoms with Crippen molar-refractivity contribution in [2.75, 3.05) is 12.4 Å². The monoisotopic (exact) mass is 323 g/mol. The van der Waals surface area contributed by atoms with E-state index in [0.29, 0.717) is 17.2 Å². The van der Waals surface area contributed by atoms with Gasteiger partial charge in [0.2, 0.25) is 0 Å². The molecule has 0 unspecified atom stereocenters. The summed E-state index contributed by atoms with van der Waals surface area (Å²) in [6.07, 6.45) is 0. The van der Waals surface area contributed by atoms with Gasteiger partial charge < -0.3 is 5.32 Å². The molecule has 1 N–H and O–H groups in total. The van der Waals surface area contributed by atoms with Crippen LogP contribution in [0.15, 0.2) is 28.7 Å². The number of nitrogens with one attached hydrogen (secondary N) is 1. The summed E-state index contributed by atoms with van der Waals surface area (Å²) in [5.74, 6) is 1.19. The van der Waals surface area contributed by atoms with Crippen molar-refractivity contribution in [2.45, 2.75) is 19.8 Å². The molecule has 1 aromatic heterocycles. The lowest BCUT2D eigenvalue weighted by Crippen LogP contribution is -2.04. The van der Waals surface area contributed by atoms with Crippen molar-refractivity contribution in [2.24, 2.45) is 0 Å². The van der Waals surface area contributed by atoms with Crippen LogP contribution in [0.2, 0.25) is 0 Å². The molecule has 3 nitrogen and oxygen atoms in total. The molecule has 100 valence electrons. The molecule has 19 heavy (non-hydrogen) atoms. The van der Waals surface area contributed by atoms with Gasteiger partial charge in [0.05, 0.1) is 10.2 Å². The summed E-state index contributed by atoms with van der Waals surface area (Å²) < 4.78 is 14.1. The highest BCUT2D eigenvalue weighted by molar-refractivity contribution is 9.10. The molecule has 0 aliphatic rings. The lowest BCUT2D eigenvalue weighted by atomic mass is 10.1. The van der Waals surface area contributed by atoms with Gasteiger partial charge in [-0.25, -0.2) is 14.4 Å². The van der Waals surface area contributed by atoms with Crippen molar-refractivity contribution >= 4 is 21.7 Å². The summed E-state index contributed by atoms with van der Waals surface area (Å²) in [4.78, 5) is 8.94. The van der Waals surface area contributed by atoms with Crippen molar-refractivity contribution in [3.8, 4) is 11.4 Å². The van der Waals surface area contributed by atoms with Gasteiger partial charge in [-0.15, -0.1) is 0 Å². The van der Waals surface area contributed by atoms with Crippen molar-refractivity contribution in [3.63, 3.8) is 0 Å². The van der Waals surface area contributed by atoms with E-state index in [-0.39, 0.29) is 11.7 Å². The maximum atomic E-state index is 13.3. The molecule has 0 amide bonds. The van der Waals surface area contributed by atoms with E-state index in [4.69, 9.17) is 0 Å². The zero-order chi connectivity index (χ0) is 14.0. The van der Waals surface area contributed by atoms with Crippen molar-refractivity contribution in [3.05, 3.63) is 40.2 Å². The van der Waals surface area contributed by atoms with Crippen LogP contribution < -0.4 is 5.32 Å².